The highest BCUT2D eigenvalue weighted by molar-refractivity contribution is 5.50. The number of allylic oxidation sites excluding steroid dienone is 1. The molecule has 3 rings (SSSR count). The van der Waals surface area contributed by atoms with Crippen molar-refractivity contribution in [1.29, 1.82) is 5.26 Å². The lowest BCUT2D eigenvalue weighted by molar-refractivity contribution is 0.373. The third kappa shape index (κ3) is 2.33. The summed E-state index contributed by atoms with van der Waals surface area (Å²) in [4.78, 5) is 0. The van der Waals surface area contributed by atoms with Crippen LogP contribution in [0.2, 0.25) is 0 Å². The molecule has 5 heteroatoms. The largest absolute Gasteiger partial charge is 0.420 e. The SMILES string of the molecule is CC(C)c1[nH]nc2c1[C@@H](Cc1ccccc1)C(C#N)=C(N)O2. The minimum Gasteiger partial charge on any atom is -0.420 e. The van der Waals surface area contributed by atoms with E-state index >= 15 is 0 Å². The minimum atomic E-state index is -0.132. The number of hydrogen-bond acceptors (Lipinski definition) is 4. The monoisotopic (exact) mass is 294 g/mol. The van der Waals surface area contributed by atoms with Crippen molar-refractivity contribution in [2.45, 2.75) is 32.1 Å². The summed E-state index contributed by atoms with van der Waals surface area (Å²) < 4.78 is 5.53. The summed E-state index contributed by atoms with van der Waals surface area (Å²) in [6.07, 6.45) is 0.694. The molecule has 1 atom stereocenters. The second-order valence-electron chi connectivity index (χ2n) is 5.74. The van der Waals surface area contributed by atoms with E-state index in [9.17, 15) is 5.26 Å². The third-order valence-corrected chi connectivity index (χ3v) is 3.95. The Bertz CT molecular complexity index is 753. The third-order valence-electron chi connectivity index (χ3n) is 3.95. The fraction of sp³-hybridized carbons (Fsp3) is 0.294. The predicted molar refractivity (Wildman–Crippen MR) is 83.0 cm³/mol. The first-order valence-electron chi connectivity index (χ1n) is 7.31. The van der Waals surface area contributed by atoms with Crippen molar-refractivity contribution in [3.63, 3.8) is 0 Å². The number of benzene rings is 1. The summed E-state index contributed by atoms with van der Waals surface area (Å²) in [5.41, 5.74) is 9.48. The molecule has 0 saturated heterocycles. The summed E-state index contributed by atoms with van der Waals surface area (Å²) in [7, 11) is 0. The molecule has 1 aromatic carbocycles. The van der Waals surface area contributed by atoms with Crippen LogP contribution < -0.4 is 10.5 Å². The highest BCUT2D eigenvalue weighted by atomic mass is 16.5. The second-order valence-corrected chi connectivity index (χ2v) is 5.74. The Morgan fingerprint density at radius 3 is 2.73 bits per heavy atom. The minimum absolute atomic E-state index is 0.132. The molecule has 3 N–H and O–H groups in total. The number of rotatable bonds is 3. The maximum absolute atomic E-state index is 9.50. The molecule has 5 nitrogen and oxygen atoms in total. The van der Waals surface area contributed by atoms with Crippen LogP contribution in [-0.4, -0.2) is 10.2 Å². The van der Waals surface area contributed by atoms with Crippen LogP contribution in [0, 0.1) is 11.3 Å². The Balaban J connectivity index is 2.09. The first-order valence-corrected chi connectivity index (χ1v) is 7.31. The van der Waals surface area contributed by atoms with Gasteiger partial charge in [-0.1, -0.05) is 44.2 Å². The molecule has 0 unspecified atom stereocenters. The Labute approximate surface area is 129 Å². The van der Waals surface area contributed by atoms with E-state index in [2.05, 4.69) is 42.2 Å². The lowest BCUT2D eigenvalue weighted by atomic mass is 9.83. The number of aromatic nitrogens is 2. The summed E-state index contributed by atoms with van der Waals surface area (Å²) in [6, 6.07) is 12.3. The van der Waals surface area contributed by atoms with Gasteiger partial charge in [0.05, 0.1) is 5.57 Å². The molecule has 2 heterocycles. The van der Waals surface area contributed by atoms with Gasteiger partial charge in [-0.3, -0.25) is 5.10 Å². The summed E-state index contributed by atoms with van der Waals surface area (Å²) >= 11 is 0. The lowest BCUT2D eigenvalue weighted by Gasteiger charge is -2.24. The molecule has 0 radical (unpaired) electrons. The fourth-order valence-corrected chi connectivity index (χ4v) is 2.86. The highest BCUT2D eigenvalue weighted by Crippen LogP contribution is 2.42. The van der Waals surface area contributed by atoms with E-state index in [0.717, 1.165) is 16.8 Å². The summed E-state index contributed by atoms with van der Waals surface area (Å²) in [5.74, 6) is 0.767. The molecule has 22 heavy (non-hydrogen) atoms. The molecule has 2 aromatic rings. The maximum Gasteiger partial charge on any atom is 0.243 e. The molecule has 1 aromatic heterocycles. The van der Waals surface area contributed by atoms with Crippen molar-refractivity contribution in [3.05, 3.63) is 58.6 Å². The molecule has 0 spiro atoms. The van der Waals surface area contributed by atoms with Gasteiger partial charge < -0.3 is 10.5 Å². The van der Waals surface area contributed by atoms with E-state index in [1.165, 1.54) is 0 Å². The second kappa shape index (κ2) is 5.57. The molecule has 0 amide bonds. The van der Waals surface area contributed by atoms with Crippen LogP contribution in [0.3, 0.4) is 0 Å². The predicted octanol–water partition coefficient (Wildman–Crippen LogP) is 2.95. The fourth-order valence-electron chi connectivity index (χ4n) is 2.86. The van der Waals surface area contributed by atoms with E-state index < -0.39 is 0 Å². The van der Waals surface area contributed by atoms with Crippen LogP contribution in [0.15, 0.2) is 41.8 Å². The van der Waals surface area contributed by atoms with Crippen LogP contribution in [0.25, 0.3) is 0 Å². The highest BCUT2D eigenvalue weighted by Gasteiger charge is 2.34. The average molecular weight is 294 g/mol. The molecule has 0 aliphatic carbocycles. The molecule has 1 aliphatic rings. The van der Waals surface area contributed by atoms with Crippen molar-refractivity contribution >= 4 is 0 Å². The zero-order chi connectivity index (χ0) is 15.7. The van der Waals surface area contributed by atoms with Crippen LogP contribution in [0.5, 0.6) is 5.88 Å². The molecular formula is C17H18N4O. The standard InChI is InChI=1S/C17H18N4O/c1-10(2)15-14-12(8-11-6-4-3-5-7-11)13(9-18)16(19)22-17(14)21-20-15/h3-7,10,12H,8,19H2,1-2H3,(H,20,21)/t12-/m0/s1. The van der Waals surface area contributed by atoms with Crippen LogP contribution >= 0.6 is 0 Å². The normalized spacial score (nSPS) is 17.1. The molecule has 1 aliphatic heterocycles. The van der Waals surface area contributed by atoms with Gasteiger partial charge in [0, 0.05) is 17.2 Å². The lowest BCUT2D eigenvalue weighted by Crippen LogP contribution is -2.22. The summed E-state index contributed by atoms with van der Waals surface area (Å²) in [6.45, 7) is 4.17. The van der Waals surface area contributed by atoms with Gasteiger partial charge in [0.2, 0.25) is 11.8 Å². The van der Waals surface area contributed by atoms with Crippen molar-refractivity contribution in [1.82, 2.24) is 10.2 Å². The molecule has 0 saturated carbocycles. The number of hydrogen-bond donors (Lipinski definition) is 2. The average Bonchev–Trinajstić information content (AvgIpc) is 2.92. The zero-order valence-electron chi connectivity index (χ0n) is 12.6. The Hall–Kier alpha value is -2.74. The number of fused-ring (bicyclic) bond motifs is 1. The molecule has 112 valence electrons. The number of nitrogens with one attached hydrogen (secondary N) is 1. The van der Waals surface area contributed by atoms with Gasteiger partial charge in [-0.05, 0) is 17.9 Å². The van der Waals surface area contributed by atoms with Crippen LogP contribution in [0.1, 0.15) is 42.5 Å². The number of nitrogens with two attached hydrogens (primary N) is 1. The van der Waals surface area contributed by atoms with Gasteiger partial charge in [0.15, 0.2) is 0 Å². The Morgan fingerprint density at radius 2 is 2.09 bits per heavy atom. The Kier molecular flexibility index (Phi) is 3.60. The van der Waals surface area contributed by atoms with Crippen molar-refractivity contribution in [3.8, 4) is 11.9 Å². The van der Waals surface area contributed by atoms with Gasteiger partial charge in [0.25, 0.3) is 0 Å². The van der Waals surface area contributed by atoms with E-state index in [0.29, 0.717) is 17.9 Å². The van der Waals surface area contributed by atoms with Gasteiger partial charge >= 0.3 is 0 Å². The van der Waals surface area contributed by atoms with E-state index in [1.807, 2.05) is 18.2 Å². The topological polar surface area (TPSA) is 87.7 Å². The number of ether oxygens (including phenoxy) is 1. The number of aromatic amines is 1. The maximum atomic E-state index is 9.50. The smallest absolute Gasteiger partial charge is 0.243 e. The van der Waals surface area contributed by atoms with Gasteiger partial charge in [-0.2, -0.15) is 5.26 Å². The van der Waals surface area contributed by atoms with E-state index in [1.54, 1.807) is 0 Å². The van der Waals surface area contributed by atoms with Gasteiger partial charge in [0.1, 0.15) is 6.07 Å². The van der Waals surface area contributed by atoms with Crippen LogP contribution in [0.4, 0.5) is 0 Å². The summed E-state index contributed by atoms with van der Waals surface area (Å²) in [5, 5.41) is 16.8. The first-order chi connectivity index (χ1) is 10.6. The molecule has 0 fully saturated rings. The number of H-pyrrole nitrogens is 1. The van der Waals surface area contributed by atoms with Crippen molar-refractivity contribution in [2.24, 2.45) is 5.73 Å². The van der Waals surface area contributed by atoms with E-state index in [-0.39, 0.29) is 17.7 Å². The van der Waals surface area contributed by atoms with Crippen molar-refractivity contribution in [2.75, 3.05) is 0 Å². The molecule has 0 bridgehead atoms. The van der Waals surface area contributed by atoms with Crippen LogP contribution in [-0.2, 0) is 6.42 Å². The molecular weight excluding hydrogens is 276 g/mol. The Morgan fingerprint density at radius 1 is 1.36 bits per heavy atom. The first kappa shape index (κ1) is 14.2. The quantitative estimate of drug-likeness (QED) is 0.911. The van der Waals surface area contributed by atoms with Gasteiger partial charge in [-0.25, -0.2) is 0 Å². The number of nitriles is 1. The van der Waals surface area contributed by atoms with Gasteiger partial charge in [-0.15, -0.1) is 5.10 Å². The zero-order valence-corrected chi connectivity index (χ0v) is 12.6. The van der Waals surface area contributed by atoms with Crippen molar-refractivity contribution < 1.29 is 4.74 Å². The van der Waals surface area contributed by atoms with E-state index in [4.69, 9.17) is 10.5 Å². The number of nitrogens with zero attached hydrogens (tertiary/aromatic N) is 2.